The fourth-order valence-electron chi connectivity index (χ4n) is 1.30. The lowest BCUT2D eigenvalue weighted by molar-refractivity contribution is -0.138. The Labute approximate surface area is 121 Å². The Hall–Kier alpha value is -0.219. The molecule has 0 aromatic carbocycles. The average molecular weight is 321 g/mol. The zero-order chi connectivity index (χ0) is 15.3. The molecule has 0 aromatic heterocycles. The normalized spacial score (nSPS) is 12.6. The lowest BCUT2D eigenvalue weighted by atomic mass is 10.4. The molecule has 0 heterocycles. The summed E-state index contributed by atoms with van der Waals surface area (Å²) in [6, 6.07) is 0.702. The zero-order valence-electron chi connectivity index (χ0n) is 13.3. The second-order valence-electron chi connectivity index (χ2n) is 6.59. The van der Waals surface area contributed by atoms with Crippen molar-refractivity contribution in [2.75, 3.05) is 6.61 Å². The van der Waals surface area contributed by atoms with Gasteiger partial charge in [-0.3, -0.25) is 0 Å². The van der Waals surface area contributed by atoms with Crippen LogP contribution in [0.25, 0.3) is 0 Å². The van der Waals surface area contributed by atoms with Crippen LogP contribution in [0, 0.1) is 0 Å². The molecule has 0 unspecified atom stereocenters. The average Bonchev–Trinajstić information content (AvgIpc) is 2.11. The van der Waals surface area contributed by atoms with Gasteiger partial charge in [-0.15, -0.1) is 0 Å². The van der Waals surface area contributed by atoms with Crippen LogP contribution in [0.5, 0.6) is 0 Å². The standard InChI is InChI=1S/C12H28O4Si3/c1-11(2)12(13)14-9-10-17(15-18(3,4)5)16-19(6,7)8/h17H,1,9-10H2,2-8H3. The first-order valence-electron chi connectivity index (χ1n) is 6.59. The number of hydrogen-bond acceptors (Lipinski definition) is 4. The number of carbonyl (C=O) groups excluding carboxylic acids is 1. The quantitative estimate of drug-likeness (QED) is 0.392. The van der Waals surface area contributed by atoms with Crippen molar-refractivity contribution in [1.82, 2.24) is 0 Å². The van der Waals surface area contributed by atoms with Crippen molar-refractivity contribution in [2.45, 2.75) is 52.2 Å². The minimum atomic E-state index is -1.76. The van der Waals surface area contributed by atoms with Crippen molar-refractivity contribution >= 4 is 31.9 Å². The lowest BCUT2D eigenvalue weighted by Crippen LogP contribution is -2.43. The maximum atomic E-state index is 11.3. The van der Waals surface area contributed by atoms with E-state index in [0.717, 1.165) is 0 Å². The van der Waals surface area contributed by atoms with Crippen molar-refractivity contribution in [3.05, 3.63) is 12.2 Å². The topological polar surface area (TPSA) is 44.8 Å². The largest absolute Gasteiger partial charge is 0.462 e. The summed E-state index contributed by atoms with van der Waals surface area (Å²) in [6.07, 6.45) is 0. The fourth-order valence-corrected chi connectivity index (χ4v) is 9.49. The molecular formula is C12H28O4Si3. The van der Waals surface area contributed by atoms with Gasteiger partial charge in [-0.05, 0) is 46.2 Å². The molecule has 19 heavy (non-hydrogen) atoms. The summed E-state index contributed by atoms with van der Waals surface area (Å²) in [5.41, 5.74) is 0.426. The molecule has 7 heteroatoms. The maximum Gasteiger partial charge on any atom is 0.333 e. The summed E-state index contributed by atoms with van der Waals surface area (Å²) >= 11 is 0. The maximum absolute atomic E-state index is 11.3. The van der Waals surface area contributed by atoms with E-state index in [9.17, 15) is 4.79 Å². The Morgan fingerprint density at radius 2 is 1.47 bits per heavy atom. The Balaban J connectivity index is 4.35. The van der Waals surface area contributed by atoms with E-state index in [2.05, 4.69) is 45.9 Å². The number of ether oxygens (including phenoxy) is 1. The first-order valence-corrected chi connectivity index (χ1v) is 15.2. The molecule has 0 bridgehead atoms. The van der Waals surface area contributed by atoms with E-state index >= 15 is 0 Å². The van der Waals surface area contributed by atoms with Crippen LogP contribution in [-0.2, 0) is 17.8 Å². The summed E-state index contributed by atoms with van der Waals surface area (Å²) in [5, 5.41) is 0. The summed E-state index contributed by atoms with van der Waals surface area (Å²) in [4.78, 5) is 11.3. The van der Waals surface area contributed by atoms with E-state index in [1.807, 2.05) is 0 Å². The molecule has 0 saturated heterocycles. The summed E-state index contributed by atoms with van der Waals surface area (Å²) in [6.45, 7) is 18.5. The Morgan fingerprint density at radius 1 is 1.05 bits per heavy atom. The van der Waals surface area contributed by atoms with Crippen molar-refractivity contribution < 1.29 is 17.8 Å². The molecule has 0 spiro atoms. The van der Waals surface area contributed by atoms with Crippen LogP contribution in [0.2, 0.25) is 45.3 Å². The van der Waals surface area contributed by atoms with Gasteiger partial charge in [-0.1, -0.05) is 6.58 Å². The molecule has 0 rings (SSSR count). The van der Waals surface area contributed by atoms with Gasteiger partial charge in [0, 0.05) is 11.6 Å². The Morgan fingerprint density at radius 3 is 1.79 bits per heavy atom. The third-order valence-electron chi connectivity index (χ3n) is 1.91. The van der Waals surface area contributed by atoms with Gasteiger partial charge in [0.25, 0.3) is 0 Å². The summed E-state index contributed by atoms with van der Waals surface area (Å²) in [5.74, 6) is -0.339. The highest BCUT2D eigenvalue weighted by molar-refractivity contribution is 6.81. The highest BCUT2D eigenvalue weighted by atomic mass is 28.4. The second-order valence-corrected chi connectivity index (χ2v) is 18.4. The minimum absolute atomic E-state index is 0.339. The predicted molar refractivity (Wildman–Crippen MR) is 86.6 cm³/mol. The van der Waals surface area contributed by atoms with E-state index < -0.39 is 25.9 Å². The Bertz CT molecular complexity index is 302. The third kappa shape index (κ3) is 11.3. The molecule has 0 N–H and O–H groups in total. The number of esters is 1. The van der Waals surface area contributed by atoms with Gasteiger partial charge in [-0.2, -0.15) is 0 Å². The van der Waals surface area contributed by atoms with Crippen molar-refractivity contribution in [3.63, 3.8) is 0 Å². The highest BCUT2D eigenvalue weighted by Crippen LogP contribution is 2.14. The molecule has 0 radical (unpaired) electrons. The van der Waals surface area contributed by atoms with Crippen molar-refractivity contribution in [3.8, 4) is 0 Å². The van der Waals surface area contributed by atoms with Crippen LogP contribution in [0.4, 0.5) is 0 Å². The van der Waals surface area contributed by atoms with Gasteiger partial charge in [0.15, 0.2) is 16.6 Å². The van der Waals surface area contributed by atoms with Crippen LogP contribution >= 0.6 is 0 Å². The van der Waals surface area contributed by atoms with Gasteiger partial charge in [0.2, 0.25) is 0 Å². The van der Waals surface area contributed by atoms with E-state index in [4.69, 9.17) is 13.0 Å². The van der Waals surface area contributed by atoms with E-state index in [-0.39, 0.29) is 5.97 Å². The van der Waals surface area contributed by atoms with Crippen LogP contribution < -0.4 is 0 Å². The predicted octanol–water partition coefficient (Wildman–Crippen LogP) is 3.03. The number of carbonyl (C=O) groups is 1. The zero-order valence-corrected chi connectivity index (χ0v) is 16.5. The minimum Gasteiger partial charge on any atom is -0.462 e. The third-order valence-corrected chi connectivity index (χ3v) is 10.4. The molecule has 0 aliphatic heterocycles. The molecular weight excluding hydrogens is 292 g/mol. The summed E-state index contributed by atoms with van der Waals surface area (Å²) in [7, 11) is -4.99. The Kier molecular flexibility index (Phi) is 7.45. The molecule has 0 amide bonds. The molecule has 0 saturated carbocycles. The van der Waals surface area contributed by atoms with Crippen LogP contribution in [0.15, 0.2) is 12.2 Å². The van der Waals surface area contributed by atoms with E-state index in [0.29, 0.717) is 18.2 Å². The number of rotatable bonds is 8. The molecule has 0 aliphatic carbocycles. The second kappa shape index (κ2) is 7.53. The monoisotopic (exact) mass is 320 g/mol. The molecule has 0 aromatic rings. The van der Waals surface area contributed by atoms with E-state index in [1.54, 1.807) is 6.92 Å². The smallest absolute Gasteiger partial charge is 0.333 e. The first kappa shape index (κ1) is 18.8. The first-order chi connectivity index (χ1) is 8.41. The van der Waals surface area contributed by atoms with Gasteiger partial charge < -0.3 is 13.0 Å². The highest BCUT2D eigenvalue weighted by Gasteiger charge is 2.28. The molecule has 4 nitrogen and oxygen atoms in total. The van der Waals surface area contributed by atoms with Crippen LogP contribution in [-0.4, -0.2) is 38.5 Å². The van der Waals surface area contributed by atoms with Crippen molar-refractivity contribution in [1.29, 1.82) is 0 Å². The van der Waals surface area contributed by atoms with Gasteiger partial charge in [-0.25, -0.2) is 4.79 Å². The molecule has 112 valence electrons. The molecule has 0 atom stereocenters. The van der Waals surface area contributed by atoms with Crippen LogP contribution in [0.3, 0.4) is 0 Å². The van der Waals surface area contributed by atoms with Gasteiger partial charge in [0.05, 0.1) is 6.61 Å². The van der Waals surface area contributed by atoms with Gasteiger partial charge >= 0.3 is 15.3 Å². The lowest BCUT2D eigenvalue weighted by Gasteiger charge is -2.30. The van der Waals surface area contributed by atoms with E-state index in [1.165, 1.54) is 0 Å². The van der Waals surface area contributed by atoms with Crippen LogP contribution in [0.1, 0.15) is 6.92 Å². The molecule has 0 aliphatic rings. The van der Waals surface area contributed by atoms with Crippen molar-refractivity contribution in [2.24, 2.45) is 0 Å². The SMILES string of the molecule is C=C(C)C(=O)OCC[SiH](O[Si](C)(C)C)O[Si](C)(C)C. The fraction of sp³-hybridized carbons (Fsp3) is 0.750. The molecule has 0 fully saturated rings. The number of hydrogen-bond donors (Lipinski definition) is 0. The summed E-state index contributed by atoms with van der Waals surface area (Å²) < 4.78 is 17.4. The van der Waals surface area contributed by atoms with Gasteiger partial charge in [0.1, 0.15) is 0 Å².